The molecule has 0 aliphatic carbocycles. The number of carbonyl (C=O) groups is 2. The van der Waals surface area contributed by atoms with Crippen LogP contribution in [0.5, 0.6) is 0 Å². The van der Waals surface area contributed by atoms with Crippen molar-refractivity contribution in [1.82, 2.24) is 30.4 Å². The summed E-state index contributed by atoms with van der Waals surface area (Å²) in [5, 5.41) is 9.68. The highest BCUT2D eigenvalue weighted by Crippen LogP contribution is 2.24. The van der Waals surface area contributed by atoms with Gasteiger partial charge >= 0.3 is 0 Å². The molecular formula is C22H23N8O3+. The average molecular weight is 447 g/mol. The van der Waals surface area contributed by atoms with E-state index in [1.807, 2.05) is 12.1 Å². The number of amides is 2. The van der Waals surface area contributed by atoms with Gasteiger partial charge in [0.25, 0.3) is 17.4 Å². The molecule has 0 radical (unpaired) electrons. The minimum atomic E-state index is -0.461. The third-order valence-corrected chi connectivity index (χ3v) is 5.59. The molecule has 2 amide bonds. The highest BCUT2D eigenvalue weighted by Gasteiger charge is 2.26. The third-order valence-electron chi connectivity index (χ3n) is 5.59. The van der Waals surface area contributed by atoms with E-state index in [0.29, 0.717) is 41.0 Å². The van der Waals surface area contributed by atoms with Crippen LogP contribution in [0.3, 0.4) is 0 Å². The van der Waals surface area contributed by atoms with Crippen molar-refractivity contribution >= 4 is 28.8 Å². The molecule has 5 heterocycles. The molecule has 11 heteroatoms. The number of nitrogens with zero attached hydrogens (tertiary/aromatic N) is 4. The van der Waals surface area contributed by atoms with Crippen LogP contribution < -0.4 is 15.6 Å². The van der Waals surface area contributed by atoms with Crippen LogP contribution in [0.4, 0.5) is 5.82 Å². The molecule has 0 bridgehead atoms. The SMILES string of the molecule is CC(C)c1ccc2[nH]c(-c3cc([C@@H](C)NC(=O)c4ncnc5c4CCC(=O)N5)on3)[nH+]c2n1. The maximum absolute atomic E-state index is 12.9. The van der Waals surface area contributed by atoms with Crippen LogP contribution in [0, 0.1) is 0 Å². The van der Waals surface area contributed by atoms with E-state index in [1.165, 1.54) is 6.33 Å². The zero-order valence-electron chi connectivity index (χ0n) is 18.4. The zero-order valence-corrected chi connectivity index (χ0v) is 18.4. The molecule has 0 saturated carbocycles. The van der Waals surface area contributed by atoms with Gasteiger partial charge in [-0.3, -0.25) is 14.6 Å². The lowest BCUT2D eigenvalue weighted by atomic mass is 10.0. The first-order chi connectivity index (χ1) is 15.9. The fourth-order valence-corrected chi connectivity index (χ4v) is 3.74. The first kappa shape index (κ1) is 20.7. The molecule has 4 aromatic rings. The number of imidazole rings is 1. The van der Waals surface area contributed by atoms with Gasteiger partial charge in [0.15, 0.2) is 17.0 Å². The average Bonchev–Trinajstić information content (AvgIpc) is 3.45. The van der Waals surface area contributed by atoms with E-state index in [2.05, 4.69) is 54.6 Å². The molecule has 5 rings (SSSR count). The number of rotatable bonds is 5. The Morgan fingerprint density at radius 2 is 2.06 bits per heavy atom. The highest BCUT2D eigenvalue weighted by atomic mass is 16.5. The summed E-state index contributed by atoms with van der Waals surface area (Å²) in [5.41, 5.74) is 4.03. The van der Waals surface area contributed by atoms with Crippen LogP contribution in [0.1, 0.15) is 66.7 Å². The number of aromatic amines is 2. The lowest BCUT2D eigenvalue weighted by Gasteiger charge is -2.18. The van der Waals surface area contributed by atoms with Crippen LogP contribution >= 0.6 is 0 Å². The van der Waals surface area contributed by atoms with Crippen molar-refractivity contribution in [2.45, 2.75) is 45.6 Å². The largest absolute Gasteiger partial charge is 0.358 e. The van der Waals surface area contributed by atoms with Gasteiger partial charge in [-0.25, -0.2) is 15.0 Å². The molecule has 4 aromatic heterocycles. The molecule has 1 aliphatic heterocycles. The Kier molecular flexibility index (Phi) is 5.08. The van der Waals surface area contributed by atoms with Crippen molar-refractivity contribution < 1.29 is 19.1 Å². The summed E-state index contributed by atoms with van der Waals surface area (Å²) >= 11 is 0. The van der Waals surface area contributed by atoms with E-state index in [0.717, 1.165) is 16.9 Å². The number of hydrogen-bond donors (Lipinski definition) is 3. The van der Waals surface area contributed by atoms with E-state index < -0.39 is 6.04 Å². The maximum Gasteiger partial charge on any atom is 0.299 e. The number of aromatic nitrogens is 6. The molecule has 0 unspecified atom stereocenters. The van der Waals surface area contributed by atoms with Crippen molar-refractivity contribution in [3.63, 3.8) is 0 Å². The molecule has 0 spiro atoms. The number of pyridine rings is 1. The molecule has 0 fully saturated rings. The van der Waals surface area contributed by atoms with Crippen LogP contribution in [0.25, 0.3) is 22.7 Å². The van der Waals surface area contributed by atoms with Crippen molar-refractivity contribution in [3.8, 4) is 11.5 Å². The fourth-order valence-electron chi connectivity index (χ4n) is 3.74. The molecule has 0 saturated heterocycles. The van der Waals surface area contributed by atoms with Crippen LogP contribution in [0.2, 0.25) is 0 Å². The Morgan fingerprint density at radius 1 is 1.21 bits per heavy atom. The number of anilines is 1. The Labute approximate surface area is 188 Å². The van der Waals surface area contributed by atoms with E-state index in [9.17, 15) is 9.59 Å². The number of H-pyrrole nitrogens is 2. The summed E-state index contributed by atoms with van der Waals surface area (Å²) in [6.45, 7) is 5.98. The number of hydrogen-bond acceptors (Lipinski definition) is 7. The van der Waals surface area contributed by atoms with Crippen molar-refractivity contribution in [2.24, 2.45) is 0 Å². The van der Waals surface area contributed by atoms with E-state index in [-0.39, 0.29) is 23.9 Å². The second kappa shape index (κ2) is 8.08. The lowest BCUT2D eigenvalue weighted by Crippen LogP contribution is -2.30. The molecule has 1 atom stereocenters. The summed E-state index contributed by atoms with van der Waals surface area (Å²) in [6, 6.07) is 5.26. The van der Waals surface area contributed by atoms with Crippen LogP contribution in [-0.4, -0.2) is 36.9 Å². The topological polar surface area (TPSA) is 153 Å². The number of nitrogens with one attached hydrogen (secondary N) is 4. The second-order valence-corrected chi connectivity index (χ2v) is 8.32. The molecule has 168 valence electrons. The first-order valence-corrected chi connectivity index (χ1v) is 10.7. The molecule has 11 nitrogen and oxygen atoms in total. The summed E-state index contributed by atoms with van der Waals surface area (Å²) < 4.78 is 5.49. The molecular weight excluding hydrogens is 424 g/mol. The van der Waals surface area contributed by atoms with Gasteiger partial charge in [-0.2, -0.15) is 0 Å². The minimum absolute atomic E-state index is 0.125. The van der Waals surface area contributed by atoms with Gasteiger partial charge in [0.1, 0.15) is 23.5 Å². The van der Waals surface area contributed by atoms with Gasteiger partial charge in [0.05, 0.1) is 6.04 Å². The molecule has 33 heavy (non-hydrogen) atoms. The van der Waals surface area contributed by atoms with Crippen LogP contribution in [-0.2, 0) is 11.2 Å². The summed E-state index contributed by atoms with van der Waals surface area (Å²) in [7, 11) is 0. The zero-order chi connectivity index (χ0) is 23.1. The Balaban J connectivity index is 1.34. The lowest BCUT2D eigenvalue weighted by molar-refractivity contribution is -0.333. The minimum Gasteiger partial charge on any atom is -0.358 e. The van der Waals surface area contributed by atoms with E-state index >= 15 is 0 Å². The van der Waals surface area contributed by atoms with E-state index in [1.54, 1.807) is 13.0 Å². The van der Waals surface area contributed by atoms with Crippen molar-refractivity contribution in [3.05, 3.63) is 47.2 Å². The summed E-state index contributed by atoms with van der Waals surface area (Å²) in [5.74, 6) is 1.34. The third kappa shape index (κ3) is 3.93. The quantitative estimate of drug-likeness (QED) is 0.424. The van der Waals surface area contributed by atoms with Gasteiger partial charge in [0.2, 0.25) is 5.91 Å². The number of carbonyl (C=O) groups excluding carboxylic acids is 2. The van der Waals surface area contributed by atoms with Gasteiger partial charge in [-0.15, -0.1) is 4.98 Å². The van der Waals surface area contributed by atoms with Crippen LogP contribution in [0.15, 0.2) is 29.0 Å². The van der Waals surface area contributed by atoms with Crippen molar-refractivity contribution in [1.29, 1.82) is 0 Å². The van der Waals surface area contributed by atoms with Gasteiger partial charge in [-0.05, 0) is 25.5 Å². The summed E-state index contributed by atoms with van der Waals surface area (Å²) in [6.07, 6.45) is 1.96. The molecule has 1 aliphatic rings. The Morgan fingerprint density at radius 3 is 2.88 bits per heavy atom. The Hall–Kier alpha value is -4.15. The fraction of sp³-hybridized carbons (Fsp3) is 0.318. The monoisotopic (exact) mass is 447 g/mol. The summed E-state index contributed by atoms with van der Waals surface area (Å²) in [4.78, 5) is 43.8. The standard InChI is InChI=1S/C22H22N8O3/c1-10(2)13-5-6-14-20(26-13)29-21(27-14)15-8-16(33-30-15)11(3)25-22(32)18-12-4-7-17(31)28-19(12)24-9-23-18/h5-6,8-11H,4,7H2,1-3H3,(H,25,32)(H,26,27,29)(H,23,24,28,31)/p+1/t11-/m1/s1. The predicted octanol–water partition coefficient (Wildman–Crippen LogP) is 2.32. The van der Waals surface area contributed by atoms with E-state index in [4.69, 9.17) is 4.52 Å². The van der Waals surface area contributed by atoms with Crippen molar-refractivity contribution in [2.75, 3.05) is 5.32 Å². The molecule has 4 N–H and O–H groups in total. The maximum atomic E-state index is 12.9. The van der Waals surface area contributed by atoms with Gasteiger partial charge < -0.3 is 15.2 Å². The molecule has 0 aromatic carbocycles. The highest BCUT2D eigenvalue weighted by molar-refractivity contribution is 5.99. The van der Waals surface area contributed by atoms with Gasteiger partial charge in [0, 0.05) is 24.0 Å². The Bertz CT molecular complexity index is 1370. The van der Waals surface area contributed by atoms with Gasteiger partial charge in [-0.1, -0.05) is 19.0 Å². The second-order valence-electron chi connectivity index (χ2n) is 8.32. The first-order valence-electron chi connectivity index (χ1n) is 10.7. The normalized spacial score (nSPS) is 14.2. The number of fused-ring (bicyclic) bond motifs is 2. The predicted molar refractivity (Wildman–Crippen MR) is 117 cm³/mol. The smallest absolute Gasteiger partial charge is 0.299 e.